The van der Waals surface area contributed by atoms with E-state index < -0.39 is 5.91 Å². The summed E-state index contributed by atoms with van der Waals surface area (Å²) in [5.74, 6) is -0.736. The second-order valence-electron chi connectivity index (χ2n) is 6.83. The van der Waals surface area contributed by atoms with Crippen LogP contribution >= 0.6 is 23.1 Å². The zero-order valence-electron chi connectivity index (χ0n) is 17.2. The van der Waals surface area contributed by atoms with Crippen molar-refractivity contribution in [2.75, 3.05) is 5.75 Å². The molecule has 1 aromatic carbocycles. The summed E-state index contributed by atoms with van der Waals surface area (Å²) >= 11 is 2.68. The minimum atomic E-state index is -0.391. The van der Waals surface area contributed by atoms with Gasteiger partial charge in [0.2, 0.25) is 5.91 Å². The molecule has 2 amide bonds. The summed E-state index contributed by atoms with van der Waals surface area (Å²) in [6.07, 6.45) is 1.80. The molecule has 158 valence electrons. The molecule has 30 heavy (non-hydrogen) atoms. The molecule has 2 aromatic heterocycles. The molecule has 7 nitrogen and oxygen atoms in total. The van der Waals surface area contributed by atoms with Gasteiger partial charge < -0.3 is 0 Å². The van der Waals surface area contributed by atoms with Crippen LogP contribution in [0.25, 0.3) is 10.2 Å². The summed E-state index contributed by atoms with van der Waals surface area (Å²) in [7, 11) is 0. The molecule has 3 rings (SSSR count). The van der Waals surface area contributed by atoms with Crippen LogP contribution < -0.4 is 16.4 Å². The minimum absolute atomic E-state index is 0.0302. The summed E-state index contributed by atoms with van der Waals surface area (Å²) in [5, 5.41) is 1.18. The van der Waals surface area contributed by atoms with E-state index in [1.54, 1.807) is 28.8 Å². The third-order valence-corrected chi connectivity index (χ3v) is 6.75. The Hall–Kier alpha value is -2.65. The Morgan fingerprint density at radius 2 is 1.90 bits per heavy atom. The second-order valence-corrected chi connectivity index (χ2v) is 8.97. The Kier molecular flexibility index (Phi) is 7.28. The van der Waals surface area contributed by atoms with Crippen LogP contribution in [0.2, 0.25) is 0 Å². The molecular formula is C21H24N4O3S2. The number of carbonyl (C=O) groups is 2. The third-order valence-electron chi connectivity index (χ3n) is 4.67. The quantitative estimate of drug-likeness (QED) is 0.331. The van der Waals surface area contributed by atoms with E-state index in [0.717, 1.165) is 23.3 Å². The van der Waals surface area contributed by atoms with E-state index >= 15 is 0 Å². The van der Waals surface area contributed by atoms with Gasteiger partial charge in [0.25, 0.3) is 11.5 Å². The van der Waals surface area contributed by atoms with Gasteiger partial charge in [0.15, 0.2) is 5.16 Å². The summed E-state index contributed by atoms with van der Waals surface area (Å²) < 4.78 is 1.66. The van der Waals surface area contributed by atoms with E-state index in [1.807, 2.05) is 19.9 Å². The average Bonchev–Trinajstić information content (AvgIpc) is 3.04. The number of amides is 2. The molecule has 0 bridgehead atoms. The van der Waals surface area contributed by atoms with Gasteiger partial charge in [-0.3, -0.25) is 29.8 Å². The Balaban J connectivity index is 1.72. The van der Waals surface area contributed by atoms with E-state index in [4.69, 9.17) is 0 Å². The first-order chi connectivity index (χ1) is 14.4. The van der Waals surface area contributed by atoms with Gasteiger partial charge in [-0.1, -0.05) is 43.3 Å². The lowest BCUT2D eigenvalue weighted by Crippen LogP contribution is -2.42. The van der Waals surface area contributed by atoms with Gasteiger partial charge in [-0.15, -0.1) is 11.3 Å². The Morgan fingerprint density at radius 3 is 2.60 bits per heavy atom. The van der Waals surface area contributed by atoms with Gasteiger partial charge in [-0.25, -0.2) is 4.98 Å². The van der Waals surface area contributed by atoms with Crippen molar-refractivity contribution < 1.29 is 9.59 Å². The van der Waals surface area contributed by atoms with Gasteiger partial charge in [-0.2, -0.15) is 0 Å². The SMILES string of the molecule is CCCCn1c(SCC(=O)NNC(=O)c2ccccc2)nc2sc(C)c(C)c2c1=O. The number of aromatic nitrogens is 2. The minimum Gasteiger partial charge on any atom is -0.287 e. The fourth-order valence-corrected chi connectivity index (χ4v) is 4.78. The number of hydrogen-bond acceptors (Lipinski definition) is 6. The number of hydrazine groups is 1. The van der Waals surface area contributed by atoms with E-state index in [-0.39, 0.29) is 17.2 Å². The molecule has 9 heteroatoms. The van der Waals surface area contributed by atoms with E-state index in [2.05, 4.69) is 22.8 Å². The lowest BCUT2D eigenvalue weighted by Gasteiger charge is -2.12. The highest BCUT2D eigenvalue weighted by atomic mass is 32.2. The normalized spacial score (nSPS) is 10.9. The number of carbonyl (C=O) groups excluding carboxylic acids is 2. The maximum absolute atomic E-state index is 13.1. The number of nitrogens with zero attached hydrogens (tertiary/aromatic N) is 2. The largest absolute Gasteiger partial charge is 0.287 e. The fraction of sp³-hybridized carbons (Fsp3) is 0.333. The number of nitrogens with one attached hydrogen (secondary N) is 2. The number of hydrogen-bond donors (Lipinski definition) is 2. The molecule has 0 saturated heterocycles. The van der Waals surface area contributed by atoms with Crippen molar-refractivity contribution in [3.63, 3.8) is 0 Å². The molecule has 0 radical (unpaired) electrons. The van der Waals surface area contributed by atoms with Crippen LogP contribution in [-0.2, 0) is 11.3 Å². The van der Waals surface area contributed by atoms with Gasteiger partial charge in [-0.05, 0) is 38.0 Å². The summed E-state index contributed by atoms with van der Waals surface area (Å²) in [4.78, 5) is 43.8. The number of thiophene rings is 1. The number of thioether (sulfide) groups is 1. The monoisotopic (exact) mass is 444 g/mol. The predicted octanol–water partition coefficient (Wildman–Crippen LogP) is 3.43. The standard InChI is InChI=1S/C21H24N4O3S2/c1-4-5-11-25-20(28)17-13(2)14(3)30-19(17)22-21(25)29-12-16(26)23-24-18(27)15-9-7-6-8-10-15/h6-10H,4-5,11-12H2,1-3H3,(H,23,26)(H,24,27). The van der Waals surface area contributed by atoms with Crippen LogP contribution in [0.5, 0.6) is 0 Å². The molecule has 0 spiro atoms. The maximum atomic E-state index is 13.1. The summed E-state index contributed by atoms with van der Waals surface area (Å²) in [6.45, 7) is 6.54. The predicted molar refractivity (Wildman–Crippen MR) is 121 cm³/mol. The van der Waals surface area contributed by atoms with Crippen LogP contribution in [0.1, 0.15) is 40.6 Å². The van der Waals surface area contributed by atoms with Crippen LogP contribution in [0.4, 0.5) is 0 Å². The van der Waals surface area contributed by atoms with E-state index in [1.165, 1.54) is 23.1 Å². The number of rotatable bonds is 7. The van der Waals surface area contributed by atoms with Crippen molar-refractivity contribution in [3.8, 4) is 0 Å². The first-order valence-corrected chi connectivity index (χ1v) is 11.5. The summed E-state index contributed by atoms with van der Waals surface area (Å²) in [5.41, 5.74) is 6.17. The Labute approximate surface area is 182 Å². The van der Waals surface area contributed by atoms with E-state index in [9.17, 15) is 14.4 Å². The van der Waals surface area contributed by atoms with Gasteiger partial charge in [0, 0.05) is 17.0 Å². The number of benzene rings is 1. The molecular weight excluding hydrogens is 420 g/mol. The number of unbranched alkanes of at least 4 members (excludes halogenated alkanes) is 1. The highest BCUT2D eigenvalue weighted by molar-refractivity contribution is 7.99. The van der Waals surface area contributed by atoms with E-state index in [0.29, 0.717) is 27.5 Å². The topological polar surface area (TPSA) is 93.1 Å². The third kappa shape index (κ3) is 4.91. The zero-order valence-corrected chi connectivity index (χ0v) is 18.8. The molecule has 0 aliphatic carbocycles. The van der Waals surface area contributed by atoms with Crippen LogP contribution in [-0.4, -0.2) is 27.1 Å². The highest BCUT2D eigenvalue weighted by Gasteiger charge is 2.17. The van der Waals surface area contributed by atoms with Crippen molar-refractivity contribution >= 4 is 45.1 Å². The van der Waals surface area contributed by atoms with Crippen molar-refractivity contribution in [3.05, 3.63) is 56.7 Å². The highest BCUT2D eigenvalue weighted by Crippen LogP contribution is 2.28. The zero-order chi connectivity index (χ0) is 21.7. The lowest BCUT2D eigenvalue weighted by atomic mass is 10.2. The van der Waals surface area contributed by atoms with Crippen LogP contribution in [0.3, 0.4) is 0 Å². The number of fused-ring (bicyclic) bond motifs is 1. The first-order valence-electron chi connectivity index (χ1n) is 9.70. The average molecular weight is 445 g/mol. The Bertz CT molecular complexity index is 1120. The van der Waals surface area contributed by atoms with Gasteiger partial charge in [0.1, 0.15) is 4.83 Å². The van der Waals surface area contributed by atoms with Crippen molar-refractivity contribution in [2.45, 2.75) is 45.3 Å². The van der Waals surface area contributed by atoms with Crippen molar-refractivity contribution in [2.24, 2.45) is 0 Å². The molecule has 3 aromatic rings. The second kappa shape index (κ2) is 9.90. The molecule has 0 unspecified atom stereocenters. The fourth-order valence-electron chi connectivity index (χ4n) is 2.89. The molecule has 0 aliphatic rings. The Morgan fingerprint density at radius 1 is 1.17 bits per heavy atom. The van der Waals surface area contributed by atoms with Crippen LogP contribution in [0.15, 0.2) is 40.3 Å². The van der Waals surface area contributed by atoms with Crippen molar-refractivity contribution in [1.82, 2.24) is 20.4 Å². The molecule has 0 atom stereocenters. The lowest BCUT2D eigenvalue weighted by molar-refractivity contribution is -0.119. The van der Waals surface area contributed by atoms with Crippen molar-refractivity contribution in [1.29, 1.82) is 0 Å². The molecule has 0 fully saturated rings. The molecule has 0 aliphatic heterocycles. The van der Waals surface area contributed by atoms with Gasteiger partial charge >= 0.3 is 0 Å². The summed E-state index contributed by atoms with van der Waals surface area (Å²) in [6, 6.07) is 8.63. The number of aryl methyl sites for hydroxylation is 2. The van der Waals surface area contributed by atoms with Crippen LogP contribution in [0, 0.1) is 13.8 Å². The van der Waals surface area contributed by atoms with Gasteiger partial charge in [0.05, 0.1) is 11.1 Å². The molecule has 2 N–H and O–H groups in total. The molecule has 0 saturated carbocycles. The smallest absolute Gasteiger partial charge is 0.269 e. The maximum Gasteiger partial charge on any atom is 0.269 e. The first kappa shape index (κ1) is 22.0. The molecule has 2 heterocycles.